The number of allylic oxidation sites excluding steroid dienone is 1. The first kappa shape index (κ1) is 16.9. The van der Waals surface area contributed by atoms with Gasteiger partial charge in [0.25, 0.3) is 0 Å². The van der Waals surface area contributed by atoms with Gasteiger partial charge in [-0.05, 0) is 30.6 Å². The molecule has 0 bridgehead atoms. The van der Waals surface area contributed by atoms with Gasteiger partial charge in [-0.1, -0.05) is 36.4 Å². The van der Waals surface area contributed by atoms with Crippen LogP contribution in [-0.4, -0.2) is 34.8 Å². The Hall–Kier alpha value is -1.46. The maximum atomic E-state index is 12.1. The van der Waals surface area contributed by atoms with E-state index in [9.17, 15) is 9.90 Å². The predicted molar refractivity (Wildman–Crippen MR) is 92.0 cm³/mol. The SMILES string of the molecule is C=CCCC(NC(=O)NCC1(O)CCSC1)c1ccccc1. The average molecular weight is 320 g/mol. The lowest BCUT2D eigenvalue weighted by atomic mass is 10.0. The highest BCUT2D eigenvalue weighted by Gasteiger charge is 2.32. The molecule has 4 nitrogen and oxygen atoms in total. The summed E-state index contributed by atoms with van der Waals surface area (Å²) in [7, 11) is 0. The molecule has 0 saturated carbocycles. The monoisotopic (exact) mass is 320 g/mol. The molecule has 2 rings (SSSR count). The largest absolute Gasteiger partial charge is 0.387 e. The Kier molecular flexibility index (Phi) is 6.34. The number of rotatable bonds is 7. The van der Waals surface area contributed by atoms with Gasteiger partial charge in [0.1, 0.15) is 0 Å². The number of urea groups is 1. The summed E-state index contributed by atoms with van der Waals surface area (Å²) in [5.41, 5.74) is 0.320. The molecule has 1 saturated heterocycles. The van der Waals surface area contributed by atoms with Gasteiger partial charge in [0.15, 0.2) is 0 Å². The van der Waals surface area contributed by atoms with Crippen LogP contribution in [0.3, 0.4) is 0 Å². The molecular formula is C17H24N2O2S. The molecule has 3 N–H and O–H groups in total. The lowest BCUT2D eigenvalue weighted by molar-refractivity contribution is 0.0698. The number of hydrogen-bond donors (Lipinski definition) is 3. The van der Waals surface area contributed by atoms with E-state index < -0.39 is 5.60 Å². The van der Waals surface area contributed by atoms with Crippen molar-refractivity contribution in [2.75, 3.05) is 18.1 Å². The van der Waals surface area contributed by atoms with E-state index in [4.69, 9.17) is 0 Å². The van der Waals surface area contributed by atoms with Crippen molar-refractivity contribution in [3.63, 3.8) is 0 Å². The fourth-order valence-electron chi connectivity index (χ4n) is 2.48. The first-order chi connectivity index (χ1) is 10.6. The number of nitrogens with one attached hydrogen (secondary N) is 2. The van der Waals surface area contributed by atoms with Crippen LogP contribution < -0.4 is 10.6 Å². The maximum absolute atomic E-state index is 12.1. The Labute approximate surface area is 136 Å². The van der Waals surface area contributed by atoms with Crippen LogP contribution in [0.4, 0.5) is 4.79 Å². The highest BCUT2D eigenvalue weighted by molar-refractivity contribution is 7.99. The van der Waals surface area contributed by atoms with E-state index in [0.29, 0.717) is 12.3 Å². The second-order valence-corrected chi connectivity index (χ2v) is 6.79. The number of carbonyl (C=O) groups is 1. The summed E-state index contributed by atoms with van der Waals surface area (Å²) in [4.78, 5) is 12.1. The topological polar surface area (TPSA) is 61.4 Å². The molecule has 5 heteroatoms. The molecule has 22 heavy (non-hydrogen) atoms. The van der Waals surface area contributed by atoms with Crippen molar-refractivity contribution in [3.8, 4) is 0 Å². The quantitative estimate of drug-likeness (QED) is 0.677. The van der Waals surface area contributed by atoms with Crippen molar-refractivity contribution >= 4 is 17.8 Å². The van der Waals surface area contributed by atoms with Crippen LogP contribution in [0.2, 0.25) is 0 Å². The van der Waals surface area contributed by atoms with Crippen LogP contribution in [-0.2, 0) is 0 Å². The molecule has 1 aromatic carbocycles. The van der Waals surface area contributed by atoms with Crippen LogP contribution in [0.1, 0.15) is 30.9 Å². The molecule has 2 atom stereocenters. The minimum atomic E-state index is -0.759. The van der Waals surface area contributed by atoms with Gasteiger partial charge in [-0.3, -0.25) is 0 Å². The Bertz CT molecular complexity index is 487. The van der Waals surface area contributed by atoms with E-state index >= 15 is 0 Å². The molecule has 0 spiro atoms. The Morgan fingerprint density at radius 3 is 2.86 bits per heavy atom. The molecule has 120 valence electrons. The van der Waals surface area contributed by atoms with Gasteiger partial charge in [0, 0.05) is 12.3 Å². The summed E-state index contributed by atoms with van der Waals surface area (Å²) >= 11 is 1.72. The smallest absolute Gasteiger partial charge is 0.315 e. The van der Waals surface area contributed by atoms with Crippen LogP contribution in [0, 0.1) is 0 Å². The molecule has 2 amide bonds. The van der Waals surface area contributed by atoms with E-state index in [-0.39, 0.29) is 12.1 Å². The molecule has 0 aliphatic carbocycles. The fraction of sp³-hybridized carbons (Fsp3) is 0.471. The molecule has 0 radical (unpaired) electrons. The highest BCUT2D eigenvalue weighted by atomic mass is 32.2. The average Bonchev–Trinajstić information content (AvgIpc) is 2.97. The third-order valence-corrected chi connectivity index (χ3v) is 5.06. The zero-order valence-corrected chi connectivity index (χ0v) is 13.6. The Morgan fingerprint density at radius 1 is 1.45 bits per heavy atom. The molecule has 1 aliphatic heterocycles. The Morgan fingerprint density at radius 2 is 2.23 bits per heavy atom. The maximum Gasteiger partial charge on any atom is 0.315 e. The second-order valence-electron chi connectivity index (χ2n) is 5.68. The second kappa shape index (κ2) is 8.25. The summed E-state index contributed by atoms with van der Waals surface area (Å²) in [6.45, 7) is 4.04. The van der Waals surface area contributed by atoms with Crippen molar-refractivity contribution in [2.24, 2.45) is 0 Å². The van der Waals surface area contributed by atoms with Crippen LogP contribution in [0.25, 0.3) is 0 Å². The van der Waals surface area contributed by atoms with Gasteiger partial charge in [-0.2, -0.15) is 11.8 Å². The lowest BCUT2D eigenvalue weighted by Crippen LogP contribution is -2.47. The zero-order chi connectivity index (χ0) is 15.8. The lowest BCUT2D eigenvalue weighted by Gasteiger charge is -2.24. The first-order valence-corrected chi connectivity index (χ1v) is 8.79. The third kappa shape index (κ3) is 5.07. The number of aliphatic hydroxyl groups is 1. The van der Waals surface area contributed by atoms with E-state index in [2.05, 4.69) is 17.2 Å². The van der Waals surface area contributed by atoms with E-state index in [1.165, 1.54) is 0 Å². The minimum absolute atomic E-state index is 0.0493. The summed E-state index contributed by atoms with van der Waals surface area (Å²) in [6, 6.07) is 9.63. The molecule has 1 aromatic rings. The van der Waals surface area contributed by atoms with Gasteiger partial charge in [0.2, 0.25) is 0 Å². The summed E-state index contributed by atoms with van der Waals surface area (Å²) < 4.78 is 0. The van der Waals surface area contributed by atoms with Crippen LogP contribution in [0.15, 0.2) is 43.0 Å². The molecule has 2 unspecified atom stereocenters. The van der Waals surface area contributed by atoms with Crippen LogP contribution in [0.5, 0.6) is 0 Å². The molecule has 0 aromatic heterocycles. The predicted octanol–water partition coefficient (Wildman–Crippen LogP) is 2.86. The van der Waals surface area contributed by atoms with E-state index in [1.807, 2.05) is 36.4 Å². The fourth-order valence-corrected chi connectivity index (χ4v) is 3.78. The van der Waals surface area contributed by atoms with Crippen molar-refractivity contribution < 1.29 is 9.90 Å². The summed E-state index contributed by atoms with van der Waals surface area (Å²) in [5.74, 6) is 1.64. The Balaban J connectivity index is 1.88. The van der Waals surface area contributed by atoms with Crippen molar-refractivity contribution in [1.82, 2.24) is 10.6 Å². The summed E-state index contributed by atoms with van der Waals surface area (Å²) in [5, 5.41) is 16.1. The summed E-state index contributed by atoms with van der Waals surface area (Å²) in [6.07, 6.45) is 4.23. The molecule has 1 heterocycles. The highest BCUT2D eigenvalue weighted by Crippen LogP contribution is 2.27. The van der Waals surface area contributed by atoms with Gasteiger partial charge in [-0.15, -0.1) is 6.58 Å². The van der Waals surface area contributed by atoms with E-state index in [1.54, 1.807) is 11.8 Å². The molecule has 1 aliphatic rings. The number of carbonyl (C=O) groups excluding carboxylic acids is 1. The standard InChI is InChI=1S/C17H24N2O2S/c1-2-3-9-15(14-7-5-4-6-8-14)19-16(20)18-12-17(21)10-11-22-13-17/h2,4-8,15,21H,1,3,9-13H2,(H2,18,19,20). The number of benzene rings is 1. The number of thioether (sulfide) groups is 1. The van der Waals surface area contributed by atoms with Gasteiger partial charge < -0.3 is 15.7 Å². The van der Waals surface area contributed by atoms with E-state index in [0.717, 1.165) is 30.6 Å². The third-order valence-electron chi connectivity index (χ3n) is 3.83. The molecular weight excluding hydrogens is 296 g/mol. The molecule has 1 fully saturated rings. The normalized spacial score (nSPS) is 22.0. The van der Waals surface area contributed by atoms with Crippen molar-refractivity contribution in [1.29, 1.82) is 0 Å². The van der Waals surface area contributed by atoms with Gasteiger partial charge >= 0.3 is 6.03 Å². The van der Waals surface area contributed by atoms with Crippen molar-refractivity contribution in [3.05, 3.63) is 48.6 Å². The number of hydrogen-bond acceptors (Lipinski definition) is 3. The van der Waals surface area contributed by atoms with Crippen molar-refractivity contribution in [2.45, 2.75) is 30.9 Å². The number of amides is 2. The van der Waals surface area contributed by atoms with Gasteiger partial charge in [-0.25, -0.2) is 4.79 Å². The minimum Gasteiger partial charge on any atom is -0.387 e. The first-order valence-electron chi connectivity index (χ1n) is 7.63. The van der Waals surface area contributed by atoms with Gasteiger partial charge in [0.05, 0.1) is 11.6 Å². The van der Waals surface area contributed by atoms with Crippen LogP contribution >= 0.6 is 11.8 Å². The zero-order valence-electron chi connectivity index (χ0n) is 12.8.